The molecular formula is C25H21F7N2O2. The van der Waals surface area contributed by atoms with Crippen molar-refractivity contribution in [2.75, 3.05) is 22.9 Å². The number of hydrogen-bond acceptors (Lipinski definition) is 4. The molecule has 0 radical (unpaired) electrons. The Morgan fingerprint density at radius 1 is 0.889 bits per heavy atom. The summed E-state index contributed by atoms with van der Waals surface area (Å²) in [6.45, 7) is -0.830. The summed E-state index contributed by atoms with van der Waals surface area (Å²) in [5, 5.41) is 9.85. The van der Waals surface area contributed by atoms with Gasteiger partial charge in [-0.3, -0.25) is 0 Å². The van der Waals surface area contributed by atoms with Gasteiger partial charge in [0.05, 0.1) is 24.0 Å². The average Bonchev–Trinajstić information content (AvgIpc) is 2.81. The van der Waals surface area contributed by atoms with Gasteiger partial charge in [-0.2, -0.15) is 13.2 Å². The van der Waals surface area contributed by atoms with Crippen molar-refractivity contribution in [3.63, 3.8) is 0 Å². The fourth-order valence-corrected chi connectivity index (χ4v) is 4.25. The lowest BCUT2D eigenvalue weighted by Gasteiger charge is -2.45. The lowest BCUT2D eigenvalue weighted by atomic mass is 9.98. The summed E-state index contributed by atoms with van der Waals surface area (Å²) in [5.41, 5.74) is 1.38. The van der Waals surface area contributed by atoms with E-state index in [1.165, 1.54) is 4.90 Å². The zero-order valence-electron chi connectivity index (χ0n) is 18.6. The molecule has 2 unspecified atom stereocenters. The van der Waals surface area contributed by atoms with E-state index in [0.717, 1.165) is 18.2 Å². The first kappa shape index (κ1) is 25.6. The predicted molar refractivity (Wildman–Crippen MR) is 119 cm³/mol. The van der Waals surface area contributed by atoms with Crippen molar-refractivity contribution in [1.29, 1.82) is 0 Å². The van der Waals surface area contributed by atoms with Gasteiger partial charge in [-0.25, -0.2) is 4.39 Å². The molecule has 0 bridgehead atoms. The van der Waals surface area contributed by atoms with Gasteiger partial charge in [0.1, 0.15) is 11.6 Å². The van der Waals surface area contributed by atoms with Gasteiger partial charge in [0.25, 0.3) is 0 Å². The van der Waals surface area contributed by atoms with Crippen molar-refractivity contribution in [2.24, 2.45) is 0 Å². The third kappa shape index (κ3) is 5.84. The van der Waals surface area contributed by atoms with Crippen LogP contribution in [0, 0.1) is 5.82 Å². The standard InChI is InChI=1S/C25H21F7N2O2/c26-19-11-10-18(36-25(30,31)32)12-17(19)13-33-14-22(16-6-2-1-3-7-16)34(15-23(35)24(27,28)29)21-9-5-4-8-20(21)33/h1-12,22-23,35H,13-15H2. The third-order valence-corrected chi connectivity index (χ3v) is 5.85. The van der Waals surface area contributed by atoms with Crippen LogP contribution in [0.2, 0.25) is 0 Å². The van der Waals surface area contributed by atoms with E-state index in [1.54, 1.807) is 59.5 Å². The minimum Gasteiger partial charge on any atom is -0.406 e. The molecule has 0 saturated heterocycles. The highest BCUT2D eigenvalue weighted by Gasteiger charge is 2.42. The number of β-amino-alcohol motifs (C(OH)–C–C–N with tert-alkyl or cyclic N) is 1. The predicted octanol–water partition coefficient (Wildman–Crippen LogP) is 6.22. The normalized spacial score (nSPS) is 17.1. The summed E-state index contributed by atoms with van der Waals surface area (Å²) < 4.78 is 96.3. The van der Waals surface area contributed by atoms with Crippen molar-refractivity contribution in [3.05, 3.63) is 89.7 Å². The van der Waals surface area contributed by atoms with Crippen molar-refractivity contribution in [2.45, 2.75) is 31.2 Å². The molecule has 1 N–H and O–H groups in total. The fourth-order valence-electron chi connectivity index (χ4n) is 4.25. The summed E-state index contributed by atoms with van der Waals surface area (Å²) in [4.78, 5) is 3.12. The van der Waals surface area contributed by atoms with Gasteiger partial charge in [0.15, 0.2) is 6.10 Å². The van der Waals surface area contributed by atoms with Crippen molar-refractivity contribution in [3.8, 4) is 5.75 Å². The van der Waals surface area contributed by atoms with Crippen LogP contribution in [0.1, 0.15) is 17.2 Å². The van der Waals surface area contributed by atoms with Crippen LogP contribution in [0.3, 0.4) is 0 Å². The molecule has 0 aromatic heterocycles. The van der Waals surface area contributed by atoms with Crippen LogP contribution in [0.15, 0.2) is 72.8 Å². The highest BCUT2D eigenvalue weighted by Crippen LogP contribution is 2.42. The molecule has 36 heavy (non-hydrogen) atoms. The molecule has 4 rings (SSSR count). The number of anilines is 2. The summed E-state index contributed by atoms with van der Waals surface area (Å²) >= 11 is 0. The summed E-state index contributed by atoms with van der Waals surface area (Å²) in [6, 6.07) is 17.1. The van der Waals surface area contributed by atoms with Crippen LogP contribution in [0.4, 0.5) is 42.1 Å². The molecule has 0 fully saturated rings. The van der Waals surface area contributed by atoms with Gasteiger partial charge in [-0.1, -0.05) is 42.5 Å². The second kappa shape index (κ2) is 9.88. The minimum absolute atomic E-state index is 0.0788. The maximum atomic E-state index is 14.6. The molecule has 3 aromatic carbocycles. The quantitative estimate of drug-likeness (QED) is 0.397. The molecule has 3 aromatic rings. The maximum absolute atomic E-state index is 14.6. The number of rotatable bonds is 6. The van der Waals surface area contributed by atoms with E-state index in [0.29, 0.717) is 16.9 Å². The van der Waals surface area contributed by atoms with Crippen LogP contribution in [0.5, 0.6) is 5.75 Å². The summed E-state index contributed by atoms with van der Waals surface area (Å²) in [6.07, 6.45) is -12.4. The first-order valence-electron chi connectivity index (χ1n) is 10.9. The lowest BCUT2D eigenvalue weighted by molar-refractivity contribution is -0.274. The highest BCUT2D eigenvalue weighted by atomic mass is 19.4. The van der Waals surface area contributed by atoms with Gasteiger partial charge in [-0.05, 0) is 35.9 Å². The molecule has 4 nitrogen and oxygen atoms in total. The number of ether oxygens (including phenoxy) is 1. The van der Waals surface area contributed by atoms with Crippen LogP contribution < -0.4 is 14.5 Å². The Balaban J connectivity index is 1.73. The average molecular weight is 514 g/mol. The molecule has 192 valence electrons. The van der Waals surface area contributed by atoms with E-state index in [9.17, 15) is 35.8 Å². The van der Waals surface area contributed by atoms with Crippen LogP contribution in [-0.4, -0.2) is 36.8 Å². The Morgan fingerprint density at radius 3 is 2.17 bits per heavy atom. The third-order valence-electron chi connectivity index (χ3n) is 5.85. The highest BCUT2D eigenvalue weighted by molar-refractivity contribution is 5.74. The van der Waals surface area contributed by atoms with Gasteiger partial charge in [0, 0.05) is 18.7 Å². The molecule has 2 atom stereocenters. The molecule has 0 amide bonds. The van der Waals surface area contributed by atoms with Crippen LogP contribution in [0.25, 0.3) is 0 Å². The number of halogens is 7. The summed E-state index contributed by atoms with van der Waals surface area (Å²) in [5.74, 6) is -1.34. The first-order chi connectivity index (χ1) is 16.9. The number of alkyl halides is 6. The number of para-hydroxylation sites is 2. The van der Waals surface area contributed by atoms with E-state index in [2.05, 4.69) is 4.74 Å². The van der Waals surface area contributed by atoms with Crippen LogP contribution >= 0.6 is 0 Å². The van der Waals surface area contributed by atoms with E-state index in [-0.39, 0.29) is 18.7 Å². The van der Waals surface area contributed by atoms with Gasteiger partial charge in [0.2, 0.25) is 0 Å². The fraction of sp³-hybridized carbons (Fsp3) is 0.280. The molecule has 11 heteroatoms. The van der Waals surface area contributed by atoms with E-state index in [1.807, 2.05) is 0 Å². The Labute approximate surface area is 202 Å². The van der Waals surface area contributed by atoms with Crippen LogP contribution in [-0.2, 0) is 6.54 Å². The Hall–Kier alpha value is -3.47. The zero-order chi connectivity index (χ0) is 26.1. The smallest absolute Gasteiger partial charge is 0.406 e. The lowest BCUT2D eigenvalue weighted by Crippen LogP contribution is -2.49. The number of aliphatic hydroxyl groups excluding tert-OH is 1. The second-order valence-electron chi connectivity index (χ2n) is 8.31. The number of benzene rings is 3. The SMILES string of the molecule is OC(CN1c2ccccc2N(Cc2cc(OC(F)(F)F)ccc2F)CC1c1ccccc1)C(F)(F)F. The molecule has 1 aliphatic rings. The molecular weight excluding hydrogens is 493 g/mol. The topological polar surface area (TPSA) is 35.9 Å². The number of aliphatic hydroxyl groups is 1. The second-order valence-corrected chi connectivity index (χ2v) is 8.31. The molecule has 1 heterocycles. The van der Waals surface area contributed by atoms with Gasteiger partial charge < -0.3 is 19.6 Å². The van der Waals surface area contributed by atoms with E-state index in [4.69, 9.17) is 0 Å². The Bertz CT molecular complexity index is 1190. The maximum Gasteiger partial charge on any atom is 0.573 e. The molecule has 1 aliphatic heterocycles. The Kier molecular flexibility index (Phi) is 7.03. The van der Waals surface area contributed by atoms with Gasteiger partial charge in [-0.15, -0.1) is 13.2 Å². The van der Waals surface area contributed by atoms with Crippen molar-refractivity contribution >= 4 is 11.4 Å². The Morgan fingerprint density at radius 2 is 1.53 bits per heavy atom. The molecule has 0 spiro atoms. The summed E-state index contributed by atoms with van der Waals surface area (Å²) in [7, 11) is 0. The van der Waals surface area contributed by atoms with Crippen molar-refractivity contribution in [1.82, 2.24) is 0 Å². The number of nitrogens with zero attached hydrogens (tertiary/aromatic N) is 2. The monoisotopic (exact) mass is 514 g/mol. The van der Waals surface area contributed by atoms with E-state index < -0.39 is 42.8 Å². The molecule has 0 aliphatic carbocycles. The van der Waals surface area contributed by atoms with Crippen molar-refractivity contribution < 1.29 is 40.6 Å². The minimum atomic E-state index is -4.95. The zero-order valence-corrected chi connectivity index (χ0v) is 18.6. The first-order valence-corrected chi connectivity index (χ1v) is 10.9. The largest absolute Gasteiger partial charge is 0.573 e. The molecule has 0 saturated carbocycles. The number of hydrogen-bond donors (Lipinski definition) is 1. The van der Waals surface area contributed by atoms with Gasteiger partial charge >= 0.3 is 12.5 Å². The van der Waals surface area contributed by atoms with E-state index >= 15 is 0 Å². The number of fused-ring (bicyclic) bond motifs is 1.